The van der Waals surface area contributed by atoms with E-state index in [0.717, 1.165) is 49.9 Å². The number of nitrogens with zero attached hydrogens (tertiary/aromatic N) is 10. The van der Waals surface area contributed by atoms with Crippen molar-refractivity contribution in [3.8, 4) is 0 Å². The van der Waals surface area contributed by atoms with Crippen LogP contribution in [0.1, 0.15) is 81.1 Å². The van der Waals surface area contributed by atoms with Crippen LogP contribution in [0.25, 0.3) is 0 Å². The van der Waals surface area contributed by atoms with Crippen LogP contribution in [0.15, 0.2) is 0 Å². The van der Waals surface area contributed by atoms with Crippen molar-refractivity contribution in [3.63, 3.8) is 0 Å². The van der Waals surface area contributed by atoms with Crippen LogP contribution in [0.5, 0.6) is 0 Å². The van der Waals surface area contributed by atoms with E-state index >= 15 is 0 Å². The van der Waals surface area contributed by atoms with E-state index in [-0.39, 0.29) is 73.8 Å². The maximum absolute atomic E-state index is 13.0. The van der Waals surface area contributed by atoms with Crippen LogP contribution in [-0.4, -0.2) is 291 Å². The number of likely N-dealkylation sites (N-methyl/N-ethyl adjacent to an activating group) is 10. The van der Waals surface area contributed by atoms with Crippen molar-refractivity contribution in [2.75, 3.05) is 148 Å². The molecule has 26 nitrogen and oxygen atoms in total. The Morgan fingerprint density at radius 1 is 0.375 bits per heavy atom. The standard InChI is InChI=1S/C51H88N12O14S2.CH4/c1-34(2)50(76)37(6)53-39(65)24-54(7)41(67)26-56(9)43(69)28-58(11)45(71)30-60(13)47(73)32-62(15)49(75)33-63(16)48(74)31-61(14)46(72)29-59(12)44(70)27-57(10)42(68)25-55(8)40(66)21-17-19-38(64)20-18-22-78-79-36(5)23-52-51(77)35(3)4;/h34-37H,17-33H2,1-16H3,(H,52,77)(H,53,65);1H4/t36?,37-;/m0./s1. The van der Waals surface area contributed by atoms with E-state index in [4.69, 9.17) is 0 Å². The minimum atomic E-state index is -0.739. The molecule has 456 valence electrons. The quantitative estimate of drug-likeness (QED) is 0.0562. The van der Waals surface area contributed by atoms with E-state index in [1.54, 1.807) is 42.4 Å². The van der Waals surface area contributed by atoms with E-state index in [1.165, 1.54) is 75.4 Å². The Bertz CT molecular complexity index is 2170. The van der Waals surface area contributed by atoms with Gasteiger partial charge < -0.3 is 59.6 Å². The largest absolute Gasteiger partial charge is 0.355 e. The van der Waals surface area contributed by atoms with Crippen LogP contribution < -0.4 is 10.6 Å². The number of ketones is 2. The van der Waals surface area contributed by atoms with Gasteiger partial charge in [0.1, 0.15) is 5.78 Å². The third kappa shape index (κ3) is 30.3. The number of Topliss-reactive ketones (excluding diaryl/α,β-unsaturated/α-hetero) is 2. The third-order valence-corrected chi connectivity index (χ3v) is 15.2. The van der Waals surface area contributed by atoms with E-state index < -0.39 is 117 Å². The molecule has 2 N–H and O–H groups in total. The molecule has 0 fully saturated rings. The van der Waals surface area contributed by atoms with Crippen molar-refractivity contribution in [1.82, 2.24) is 59.6 Å². The van der Waals surface area contributed by atoms with Crippen molar-refractivity contribution in [1.29, 1.82) is 0 Å². The minimum Gasteiger partial charge on any atom is -0.355 e. The Morgan fingerprint density at radius 2 is 0.662 bits per heavy atom. The van der Waals surface area contributed by atoms with Crippen molar-refractivity contribution in [2.45, 2.75) is 92.4 Å². The van der Waals surface area contributed by atoms with Gasteiger partial charge in [0.25, 0.3) is 0 Å². The summed E-state index contributed by atoms with van der Waals surface area (Å²) in [5.41, 5.74) is 0. The van der Waals surface area contributed by atoms with Gasteiger partial charge in [0, 0.05) is 119 Å². The number of nitrogens with one attached hydrogen (secondary N) is 2. The first kappa shape index (κ1) is 75.8. The summed E-state index contributed by atoms with van der Waals surface area (Å²) < 4.78 is 0. The lowest BCUT2D eigenvalue weighted by Gasteiger charge is -2.27. The second-order valence-electron chi connectivity index (χ2n) is 20.5. The van der Waals surface area contributed by atoms with E-state index in [0.29, 0.717) is 25.8 Å². The molecule has 2 atom stereocenters. The average molecular weight is 1170 g/mol. The van der Waals surface area contributed by atoms with Gasteiger partial charge in [0.2, 0.25) is 70.9 Å². The second-order valence-corrected chi connectivity index (χ2v) is 23.4. The molecule has 0 saturated carbocycles. The van der Waals surface area contributed by atoms with E-state index in [2.05, 4.69) is 10.6 Å². The Hall–Kier alpha value is -6.32. The lowest BCUT2D eigenvalue weighted by Crippen LogP contribution is -2.49. The number of hydrogen-bond acceptors (Lipinski definition) is 16. The molecule has 0 bridgehead atoms. The molecular weight excluding hydrogens is 1080 g/mol. The molecule has 0 aromatic heterocycles. The number of hydrogen-bond donors (Lipinski definition) is 2. The first-order chi connectivity index (χ1) is 36.6. The molecule has 0 aromatic carbocycles. The molecule has 12 amide bonds. The van der Waals surface area contributed by atoms with Crippen LogP contribution in [0.4, 0.5) is 0 Å². The van der Waals surface area contributed by atoms with Crippen LogP contribution >= 0.6 is 21.6 Å². The van der Waals surface area contributed by atoms with E-state index in [1.807, 2.05) is 20.8 Å². The topological polar surface area (TPSA) is 295 Å². The van der Waals surface area contributed by atoms with Crippen molar-refractivity contribution in [3.05, 3.63) is 0 Å². The summed E-state index contributed by atoms with van der Waals surface area (Å²) in [5.74, 6) is -6.06. The van der Waals surface area contributed by atoms with Crippen LogP contribution in [0, 0.1) is 11.8 Å². The molecule has 0 aliphatic carbocycles. The van der Waals surface area contributed by atoms with Gasteiger partial charge in [-0.2, -0.15) is 0 Å². The predicted molar refractivity (Wildman–Crippen MR) is 306 cm³/mol. The molecular formula is C52H92N12O14S2. The summed E-state index contributed by atoms with van der Waals surface area (Å²) in [4.78, 5) is 189. The molecule has 0 saturated heterocycles. The molecule has 0 heterocycles. The fourth-order valence-corrected chi connectivity index (χ4v) is 8.88. The Morgan fingerprint density at radius 3 is 0.963 bits per heavy atom. The molecule has 0 aliphatic rings. The highest BCUT2D eigenvalue weighted by atomic mass is 33.1. The fourth-order valence-electron chi connectivity index (χ4n) is 6.60. The zero-order valence-electron chi connectivity index (χ0n) is 49.3. The smallest absolute Gasteiger partial charge is 0.242 e. The Kier molecular flexibility index (Phi) is 36.3. The second kappa shape index (κ2) is 38.3. The molecule has 0 aromatic rings. The van der Waals surface area contributed by atoms with Gasteiger partial charge >= 0.3 is 0 Å². The Balaban J connectivity index is 0. The number of rotatable bonds is 36. The zero-order valence-corrected chi connectivity index (χ0v) is 51.0. The summed E-state index contributed by atoms with van der Waals surface area (Å²) in [6.45, 7) is 6.98. The summed E-state index contributed by atoms with van der Waals surface area (Å²) in [6.07, 6.45) is 1.70. The van der Waals surface area contributed by atoms with Crippen molar-refractivity contribution >= 4 is 104 Å². The summed E-state index contributed by atoms with van der Waals surface area (Å²) in [6, 6.07) is -0.739. The molecule has 0 spiro atoms. The highest BCUT2D eigenvalue weighted by Gasteiger charge is 2.27. The number of carbonyl (C=O) groups excluding carboxylic acids is 14. The van der Waals surface area contributed by atoms with Gasteiger partial charge in [-0.1, -0.05) is 63.6 Å². The zero-order chi connectivity index (χ0) is 61.0. The first-order valence-electron chi connectivity index (χ1n) is 25.9. The van der Waals surface area contributed by atoms with Crippen LogP contribution in [0.2, 0.25) is 0 Å². The number of carbonyl (C=O) groups is 14. The van der Waals surface area contributed by atoms with Gasteiger partial charge in [-0.25, -0.2) is 0 Å². The molecule has 1 unspecified atom stereocenters. The van der Waals surface area contributed by atoms with Gasteiger partial charge in [0.05, 0.1) is 71.5 Å². The van der Waals surface area contributed by atoms with Gasteiger partial charge in [0.15, 0.2) is 5.78 Å². The van der Waals surface area contributed by atoms with Gasteiger partial charge in [-0.15, -0.1) is 0 Å². The predicted octanol–water partition coefficient (Wildman–Crippen LogP) is -1.00. The van der Waals surface area contributed by atoms with E-state index in [9.17, 15) is 67.1 Å². The van der Waals surface area contributed by atoms with Crippen LogP contribution in [-0.2, 0) is 67.1 Å². The summed E-state index contributed by atoms with van der Waals surface area (Å²) >= 11 is 0. The van der Waals surface area contributed by atoms with Crippen LogP contribution in [0.3, 0.4) is 0 Å². The maximum Gasteiger partial charge on any atom is 0.242 e. The summed E-state index contributed by atoms with van der Waals surface area (Å²) in [5, 5.41) is 5.66. The van der Waals surface area contributed by atoms with Gasteiger partial charge in [-0.05, 0) is 19.8 Å². The normalized spacial score (nSPS) is 11.4. The molecule has 0 aliphatic heterocycles. The highest BCUT2D eigenvalue weighted by Crippen LogP contribution is 2.27. The average Bonchev–Trinajstić information content (AvgIpc) is 3.36. The first-order valence-corrected chi connectivity index (χ1v) is 28.3. The molecule has 0 radical (unpaired) electrons. The monoisotopic (exact) mass is 1170 g/mol. The third-order valence-electron chi connectivity index (χ3n) is 12.2. The highest BCUT2D eigenvalue weighted by molar-refractivity contribution is 8.76. The number of amides is 12. The molecule has 28 heteroatoms. The fraction of sp³-hybridized carbons (Fsp3) is 0.731. The SMILES string of the molecule is C.CC(CNC(=O)C(C)C)SSCCCC(=O)CCCC(=O)N(C)CC(=O)N(C)CC(=O)N(C)CC(=O)N(C)CC(=O)N(C)CC(=O)N(C)CC(=O)N(C)CC(=O)N(C)CC(=O)N(C)CC(=O)N(C)CC(=O)N[C@@H](C)C(=O)C(C)C. The maximum atomic E-state index is 13.0. The lowest BCUT2D eigenvalue weighted by atomic mass is 10.0. The van der Waals surface area contributed by atoms with Crippen molar-refractivity contribution < 1.29 is 67.1 Å². The van der Waals surface area contributed by atoms with Gasteiger partial charge in [-0.3, -0.25) is 67.1 Å². The molecule has 0 rings (SSSR count). The minimum absolute atomic E-state index is 0. The molecule has 80 heavy (non-hydrogen) atoms. The summed E-state index contributed by atoms with van der Waals surface area (Å²) in [7, 11) is 16.8. The van der Waals surface area contributed by atoms with Crippen molar-refractivity contribution in [2.24, 2.45) is 11.8 Å². The lowest BCUT2D eigenvalue weighted by molar-refractivity contribution is -0.146. The Labute approximate surface area is 481 Å².